The van der Waals surface area contributed by atoms with Crippen molar-refractivity contribution in [1.29, 1.82) is 0 Å². The van der Waals surface area contributed by atoms with Crippen LogP contribution in [0.15, 0.2) is 36.7 Å². The van der Waals surface area contributed by atoms with E-state index in [1.807, 2.05) is 32.4 Å². The summed E-state index contributed by atoms with van der Waals surface area (Å²) < 4.78 is 5.72. The number of benzene rings is 1. The number of hydrogen-bond donors (Lipinski definition) is 1. The molecule has 0 spiro atoms. The van der Waals surface area contributed by atoms with E-state index in [4.69, 9.17) is 4.74 Å². The second kappa shape index (κ2) is 5.94. The average Bonchev–Trinajstić information content (AvgIpc) is 2.40. The third kappa shape index (κ3) is 2.52. The zero-order chi connectivity index (χ0) is 13.0. The van der Waals surface area contributed by atoms with Gasteiger partial charge in [0.05, 0.1) is 12.1 Å². The summed E-state index contributed by atoms with van der Waals surface area (Å²) >= 11 is 0. The van der Waals surface area contributed by atoms with Crippen molar-refractivity contribution < 1.29 is 4.74 Å². The number of ether oxygens (including phenoxy) is 1. The van der Waals surface area contributed by atoms with E-state index in [0.717, 1.165) is 6.61 Å². The Labute approximate surface area is 108 Å². The van der Waals surface area contributed by atoms with Crippen molar-refractivity contribution in [1.82, 2.24) is 10.3 Å². The number of fused-ring (bicyclic) bond motifs is 1. The summed E-state index contributed by atoms with van der Waals surface area (Å²) in [5.41, 5.74) is 1.24. The standard InChI is InChI=1S/C15H20N2O/c1-4-18-11(2)15(16-3)13-7-5-6-12-8-9-17-10-14(12)13/h5-11,15-16H,4H2,1-3H3. The van der Waals surface area contributed by atoms with Gasteiger partial charge in [0.25, 0.3) is 0 Å². The van der Waals surface area contributed by atoms with Crippen LogP contribution in [0.4, 0.5) is 0 Å². The van der Waals surface area contributed by atoms with Crippen molar-refractivity contribution in [2.75, 3.05) is 13.7 Å². The smallest absolute Gasteiger partial charge is 0.0741 e. The van der Waals surface area contributed by atoms with Crippen LogP contribution in [0.1, 0.15) is 25.5 Å². The van der Waals surface area contributed by atoms with E-state index in [0.29, 0.717) is 0 Å². The molecule has 0 aliphatic heterocycles. The van der Waals surface area contributed by atoms with Crippen molar-refractivity contribution in [3.05, 3.63) is 42.2 Å². The number of nitrogens with one attached hydrogen (secondary N) is 1. The van der Waals surface area contributed by atoms with E-state index in [1.54, 1.807) is 0 Å². The van der Waals surface area contributed by atoms with Crippen LogP contribution in [0.3, 0.4) is 0 Å². The Morgan fingerprint density at radius 1 is 1.33 bits per heavy atom. The second-order valence-electron chi connectivity index (χ2n) is 4.37. The van der Waals surface area contributed by atoms with Crippen molar-refractivity contribution in [2.24, 2.45) is 0 Å². The first-order chi connectivity index (χ1) is 8.77. The molecule has 0 bridgehead atoms. The van der Waals surface area contributed by atoms with E-state index in [9.17, 15) is 0 Å². The molecular weight excluding hydrogens is 224 g/mol. The molecule has 18 heavy (non-hydrogen) atoms. The van der Waals surface area contributed by atoms with Crippen molar-refractivity contribution in [3.8, 4) is 0 Å². The molecule has 0 radical (unpaired) electrons. The highest BCUT2D eigenvalue weighted by atomic mass is 16.5. The van der Waals surface area contributed by atoms with E-state index < -0.39 is 0 Å². The van der Waals surface area contributed by atoms with Gasteiger partial charge in [-0.15, -0.1) is 0 Å². The summed E-state index contributed by atoms with van der Waals surface area (Å²) in [6.45, 7) is 4.84. The highest BCUT2D eigenvalue weighted by Crippen LogP contribution is 2.26. The summed E-state index contributed by atoms with van der Waals surface area (Å²) in [4.78, 5) is 4.23. The van der Waals surface area contributed by atoms with Gasteiger partial charge in [0, 0.05) is 24.4 Å². The number of hydrogen-bond acceptors (Lipinski definition) is 3. The third-order valence-electron chi connectivity index (χ3n) is 3.26. The maximum atomic E-state index is 5.72. The van der Waals surface area contributed by atoms with Crippen LogP contribution in [-0.2, 0) is 4.74 Å². The molecule has 0 fully saturated rings. The minimum Gasteiger partial charge on any atom is -0.377 e. The van der Waals surface area contributed by atoms with Crippen LogP contribution >= 0.6 is 0 Å². The lowest BCUT2D eigenvalue weighted by atomic mass is 9.97. The molecule has 2 rings (SSSR count). The van der Waals surface area contributed by atoms with E-state index in [2.05, 4.69) is 35.4 Å². The Kier molecular flexibility index (Phi) is 4.28. The van der Waals surface area contributed by atoms with Gasteiger partial charge in [-0.2, -0.15) is 0 Å². The number of nitrogens with zero attached hydrogens (tertiary/aromatic N) is 1. The van der Waals surface area contributed by atoms with Crippen LogP contribution in [0.2, 0.25) is 0 Å². The molecule has 0 saturated carbocycles. The summed E-state index contributed by atoms with van der Waals surface area (Å²) in [6.07, 6.45) is 3.88. The molecule has 2 unspecified atom stereocenters. The highest BCUT2D eigenvalue weighted by molar-refractivity contribution is 5.85. The van der Waals surface area contributed by atoms with Gasteiger partial charge in [-0.25, -0.2) is 0 Å². The molecule has 0 aliphatic rings. The topological polar surface area (TPSA) is 34.1 Å². The van der Waals surface area contributed by atoms with Crippen molar-refractivity contribution in [3.63, 3.8) is 0 Å². The highest BCUT2D eigenvalue weighted by Gasteiger charge is 2.19. The third-order valence-corrected chi connectivity index (χ3v) is 3.26. The summed E-state index contributed by atoms with van der Waals surface area (Å²) in [7, 11) is 1.97. The Hall–Kier alpha value is -1.45. The number of likely N-dealkylation sites (N-methyl/N-ethyl adjacent to an activating group) is 1. The first-order valence-corrected chi connectivity index (χ1v) is 6.39. The number of pyridine rings is 1. The molecule has 1 aromatic heterocycles. The zero-order valence-electron chi connectivity index (χ0n) is 11.2. The molecule has 2 atom stereocenters. The maximum absolute atomic E-state index is 5.72. The second-order valence-corrected chi connectivity index (χ2v) is 4.37. The normalized spacial score (nSPS) is 14.6. The van der Waals surface area contributed by atoms with E-state index in [1.165, 1.54) is 16.3 Å². The van der Waals surface area contributed by atoms with Crippen molar-refractivity contribution >= 4 is 10.8 Å². The molecule has 1 aromatic carbocycles. The van der Waals surface area contributed by atoms with Crippen LogP contribution < -0.4 is 5.32 Å². The molecule has 96 valence electrons. The molecule has 0 aliphatic carbocycles. The first kappa shape index (κ1) is 13.0. The lowest BCUT2D eigenvalue weighted by molar-refractivity contribution is 0.0497. The van der Waals surface area contributed by atoms with Crippen LogP contribution in [0, 0.1) is 0 Å². The van der Waals surface area contributed by atoms with Crippen LogP contribution in [0.25, 0.3) is 10.8 Å². The maximum Gasteiger partial charge on any atom is 0.0741 e. The fourth-order valence-corrected chi connectivity index (χ4v) is 2.41. The fourth-order valence-electron chi connectivity index (χ4n) is 2.41. The fraction of sp³-hybridized carbons (Fsp3) is 0.400. The Morgan fingerprint density at radius 2 is 2.17 bits per heavy atom. The Morgan fingerprint density at radius 3 is 2.89 bits per heavy atom. The van der Waals surface area contributed by atoms with Gasteiger partial charge in [0.15, 0.2) is 0 Å². The van der Waals surface area contributed by atoms with Gasteiger partial charge in [-0.1, -0.05) is 18.2 Å². The summed E-state index contributed by atoms with van der Waals surface area (Å²) in [5.74, 6) is 0. The van der Waals surface area contributed by atoms with Crippen molar-refractivity contribution in [2.45, 2.75) is 26.0 Å². The average molecular weight is 244 g/mol. The molecular formula is C15H20N2O. The zero-order valence-corrected chi connectivity index (χ0v) is 11.2. The van der Waals surface area contributed by atoms with E-state index >= 15 is 0 Å². The summed E-state index contributed by atoms with van der Waals surface area (Å²) in [6, 6.07) is 8.55. The molecule has 1 heterocycles. The first-order valence-electron chi connectivity index (χ1n) is 6.39. The number of aromatic nitrogens is 1. The molecule has 0 saturated heterocycles. The van der Waals surface area contributed by atoms with Crippen LogP contribution in [-0.4, -0.2) is 24.7 Å². The minimum absolute atomic E-state index is 0.130. The van der Waals surface area contributed by atoms with Gasteiger partial charge in [0.2, 0.25) is 0 Å². The SMILES string of the molecule is CCOC(C)C(NC)c1cccc2ccncc12. The number of rotatable bonds is 5. The van der Waals surface area contributed by atoms with E-state index in [-0.39, 0.29) is 12.1 Å². The van der Waals surface area contributed by atoms with Gasteiger partial charge in [0.1, 0.15) is 0 Å². The van der Waals surface area contributed by atoms with Gasteiger partial charge < -0.3 is 10.1 Å². The molecule has 3 nitrogen and oxygen atoms in total. The Balaban J connectivity index is 2.44. The molecule has 2 aromatic rings. The molecule has 1 N–H and O–H groups in total. The quantitative estimate of drug-likeness (QED) is 0.878. The molecule has 0 amide bonds. The lowest BCUT2D eigenvalue weighted by Gasteiger charge is -2.25. The van der Waals surface area contributed by atoms with Gasteiger partial charge in [-0.3, -0.25) is 4.98 Å². The summed E-state index contributed by atoms with van der Waals surface area (Å²) in [5, 5.41) is 5.74. The Bertz CT molecular complexity index is 507. The van der Waals surface area contributed by atoms with Gasteiger partial charge >= 0.3 is 0 Å². The molecule has 3 heteroatoms. The predicted molar refractivity (Wildman–Crippen MR) is 74.6 cm³/mol. The predicted octanol–water partition coefficient (Wildman–Crippen LogP) is 2.92. The van der Waals surface area contributed by atoms with Crippen LogP contribution in [0.5, 0.6) is 0 Å². The monoisotopic (exact) mass is 244 g/mol. The van der Waals surface area contributed by atoms with Gasteiger partial charge in [-0.05, 0) is 37.9 Å². The minimum atomic E-state index is 0.130. The largest absolute Gasteiger partial charge is 0.377 e. The lowest BCUT2D eigenvalue weighted by Crippen LogP contribution is -2.29.